The van der Waals surface area contributed by atoms with Gasteiger partial charge in [0.2, 0.25) is 0 Å². The average molecular weight is 176 g/mol. The van der Waals surface area contributed by atoms with Gasteiger partial charge in [0.15, 0.2) is 5.82 Å². The highest BCUT2D eigenvalue weighted by Crippen LogP contribution is 1.96. The molecule has 0 aliphatic rings. The van der Waals surface area contributed by atoms with Gasteiger partial charge in [-0.2, -0.15) is 5.21 Å². The molecule has 66 valence electrons. The fourth-order valence-corrected chi connectivity index (χ4v) is 0.928. The highest BCUT2D eigenvalue weighted by atomic mass is 15.5. The molecule has 0 aliphatic heterocycles. The number of tetrazole rings is 1. The van der Waals surface area contributed by atoms with Crippen LogP contribution in [0.4, 0.5) is 0 Å². The van der Waals surface area contributed by atoms with Crippen LogP contribution in [-0.4, -0.2) is 30.6 Å². The number of H-pyrrole nitrogens is 2. The van der Waals surface area contributed by atoms with Crippen LogP contribution < -0.4 is 0 Å². The van der Waals surface area contributed by atoms with Crippen molar-refractivity contribution in [1.82, 2.24) is 30.6 Å². The molecular formula is C7H8N6. The van der Waals surface area contributed by atoms with Gasteiger partial charge >= 0.3 is 0 Å². The molecule has 0 spiro atoms. The first-order valence-corrected chi connectivity index (χ1v) is 3.82. The maximum atomic E-state index is 3.90. The summed E-state index contributed by atoms with van der Waals surface area (Å²) < 4.78 is 0. The van der Waals surface area contributed by atoms with Crippen molar-refractivity contribution in [3.05, 3.63) is 30.1 Å². The molecular weight excluding hydrogens is 168 g/mol. The van der Waals surface area contributed by atoms with Crippen molar-refractivity contribution >= 4 is 6.08 Å². The van der Waals surface area contributed by atoms with Crippen molar-refractivity contribution in [2.24, 2.45) is 0 Å². The fraction of sp³-hybridized carbons (Fsp3) is 0.143. The van der Waals surface area contributed by atoms with Gasteiger partial charge in [-0.05, 0) is 11.3 Å². The number of hydrogen-bond acceptors (Lipinski definition) is 4. The molecule has 0 aliphatic carbocycles. The van der Waals surface area contributed by atoms with Gasteiger partial charge in [0.05, 0.1) is 6.33 Å². The highest BCUT2D eigenvalue weighted by molar-refractivity contribution is 5.38. The number of aromatic nitrogens is 6. The third kappa shape index (κ3) is 1.98. The molecule has 0 amide bonds. The van der Waals surface area contributed by atoms with Crippen molar-refractivity contribution in [3.63, 3.8) is 0 Å². The van der Waals surface area contributed by atoms with Crippen LogP contribution in [0.3, 0.4) is 0 Å². The second-order valence-electron chi connectivity index (χ2n) is 2.45. The summed E-state index contributed by atoms with van der Waals surface area (Å²) in [7, 11) is 0. The number of aromatic amines is 2. The molecule has 0 unspecified atom stereocenters. The minimum Gasteiger partial charge on any atom is -0.348 e. The molecule has 6 heteroatoms. The van der Waals surface area contributed by atoms with E-state index in [-0.39, 0.29) is 0 Å². The third-order valence-corrected chi connectivity index (χ3v) is 1.52. The second kappa shape index (κ2) is 3.61. The van der Waals surface area contributed by atoms with Crippen LogP contribution in [0, 0.1) is 0 Å². The Morgan fingerprint density at radius 1 is 1.46 bits per heavy atom. The number of nitrogens with one attached hydrogen (secondary N) is 2. The summed E-state index contributed by atoms with van der Waals surface area (Å²) in [5.74, 6) is 0.583. The zero-order chi connectivity index (χ0) is 8.93. The van der Waals surface area contributed by atoms with Gasteiger partial charge in [0.1, 0.15) is 0 Å². The number of allylic oxidation sites excluding steroid dienone is 1. The first-order valence-electron chi connectivity index (χ1n) is 3.82. The van der Waals surface area contributed by atoms with Crippen molar-refractivity contribution < 1.29 is 0 Å². The lowest BCUT2D eigenvalue weighted by Gasteiger charge is -1.85. The molecule has 0 atom stereocenters. The molecule has 2 N–H and O–H groups in total. The second-order valence-corrected chi connectivity index (χ2v) is 2.45. The van der Waals surface area contributed by atoms with Crippen molar-refractivity contribution in [2.75, 3.05) is 0 Å². The van der Waals surface area contributed by atoms with E-state index in [0.717, 1.165) is 12.1 Å². The fourth-order valence-electron chi connectivity index (χ4n) is 0.928. The third-order valence-electron chi connectivity index (χ3n) is 1.52. The Morgan fingerprint density at radius 2 is 2.46 bits per heavy atom. The summed E-state index contributed by atoms with van der Waals surface area (Å²) in [4.78, 5) is 6.89. The van der Waals surface area contributed by atoms with E-state index in [9.17, 15) is 0 Å². The predicted molar refractivity (Wildman–Crippen MR) is 45.5 cm³/mol. The zero-order valence-electron chi connectivity index (χ0n) is 6.81. The smallest absolute Gasteiger partial charge is 0.197 e. The summed E-state index contributed by atoms with van der Waals surface area (Å²) in [6.45, 7) is 0. The Kier molecular flexibility index (Phi) is 2.13. The summed E-state index contributed by atoms with van der Waals surface area (Å²) in [6, 6.07) is 0. The average Bonchev–Trinajstić information content (AvgIpc) is 2.75. The van der Waals surface area contributed by atoms with E-state index in [4.69, 9.17) is 0 Å². The highest BCUT2D eigenvalue weighted by Gasteiger charge is 1.91. The number of rotatable bonds is 3. The summed E-state index contributed by atoms with van der Waals surface area (Å²) in [6.07, 6.45) is 7.95. The van der Waals surface area contributed by atoms with E-state index >= 15 is 0 Å². The van der Waals surface area contributed by atoms with Crippen LogP contribution in [0.25, 0.3) is 6.08 Å². The van der Waals surface area contributed by atoms with Crippen LogP contribution in [0.5, 0.6) is 0 Å². The van der Waals surface area contributed by atoms with Crippen LogP contribution in [0.2, 0.25) is 0 Å². The predicted octanol–water partition coefficient (Wildman–Crippen LogP) is 0.179. The Morgan fingerprint density at radius 3 is 3.15 bits per heavy atom. The quantitative estimate of drug-likeness (QED) is 0.698. The molecule has 2 rings (SSSR count). The molecule has 6 nitrogen and oxygen atoms in total. The van der Waals surface area contributed by atoms with Gasteiger partial charge in [-0.1, -0.05) is 6.08 Å². The van der Waals surface area contributed by atoms with Gasteiger partial charge in [-0.25, -0.2) is 4.98 Å². The monoisotopic (exact) mass is 176 g/mol. The lowest BCUT2D eigenvalue weighted by molar-refractivity contribution is 0.881. The SMILES string of the molecule is C(=Cc1nn[nH]n1)Cc1cnc[nH]1. The van der Waals surface area contributed by atoms with E-state index in [1.54, 1.807) is 18.6 Å². The van der Waals surface area contributed by atoms with Crippen LogP contribution >= 0.6 is 0 Å². The molecule has 0 fully saturated rings. The summed E-state index contributed by atoms with van der Waals surface area (Å²) in [5.41, 5.74) is 1.06. The van der Waals surface area contributed by atoms with Gasteiger partial charge < -0.3 is 4.98 Å². The minimum atomic E-state index is 0.583. The Bertz CT molecular complexity index is 360. The van der Waals surface area contributed by atoms with Crippen molar-refractivity contribution in [2.45, 2.75) is 6.42 Å². The molecule has 2 aromatic heterocycles. The Hall–Kier alpha value is -1.98. The maximum Gasteiger partial charge on any atom is 0.197 e. The zero-order valence-corrected chi connectivity index (χ0v) is 6.81. The molecule has 0 saturated heterocycles. The lowest BCUT2D eigenvalue weighted by atomic mass is 10.3. The minimum absolute atomic E-state index is 0.583. The van der Waals surface area contributed by atoms with Gasteiger partial charge in [0.25, 0.3) is 0 Å². The molecule has 0 radical (unpaired) electrons. The largest absolute Gasteiger partial charge is 0.348 e. The van der Waals surface area contributed by atoms with E-state index in [2.05, 4.69) is 30.6 Å². The summed E-state index contributed by atoms with van der Waals surface area (Å²) in [5, 5.41) is 13.4. The first-order chi connectivity index (χ1) is 6.45. The van der Waals surface area contributed by atoms with Gasteiger partial charge in [-0.3, -0.25) is 0 Å². The topological polar surface area (TPSA) is 83.1 Å². The Balaban J connectivity index is 1.93. The summed E-state index contributed by atoms with van der Waals surface area (Å²) >= 11 is 0. The van der Waals surface area contributed by atoms with Crippen molar-refractivity contribution in [1.29, 1.82) is 0 Å². The van der Waals surface area contributed by atoms with E-state index < -0.39 is 0 Å². The van der Waals surface area contributed by atoms with E-state index in [1.165, 1.54) is 0 Å². The molecule has 2 heterocycles. The standard InChI is InChI=1S/C7H8N6/c1(2-6-4-8-5-9-6)3-7-10-12-13-11-7/h1,3-5H,2H2,(H,8,9)(H,10,11,12,13). The number of imidazole rings is 1. The van der Waals surface area contributed by atoms with Crippen molar-refractivity contribution in [3.8, 4) is 0 Å². The molecule has 2 aromatic rings. The molecule has 13 heavy (non-hydrogen) atoms. The van der Waals surface area contributed by atoms with Gasteiger partial charge in [0, 0.05) is 18.3 Å². The first kappa shape index (κ1) is 7.66. The van der Waals surface area contributed by atoms with E-state index in [1.807, 2.05) is 6.08 Å². The molecule has 0 bridgehead atoms. The van der Waals surface area contributed by atoms with Crippen LogP contribution in [0.15, 0.2) is 18.6 Å². The van der Waals surface area contributed by atoms with Crippen LogP contribution in [0.1, 0.15) is 11.5 Å². The maximum absolute atomic E-state index is 3.90. The molecule has 0 aromatic carbocycles. The normalized spacial score (nSPS) is 11.1. The number of nitrogens with zero attached hydrogens (tertiary/aromatic N) is 4. The lowest BCUT2D eigenvalue weighted by Crippen LogP contribution is -1.80. The Labute approximate surface area is 74.1 Å². The molecule has 0 saturated carbocycles. The number of hydrogen-bond donors (Lipinski definition) is 2. The van der Waals surface area contributed by atoms with Crippen LogP contribution in [-0.2, 0) is 6.42 Å². The van der Waals surface area contributed by atoms with E-state index in [0.29, 0.717) is 5.82 Å². The van der Waals surface area contributed by atoms with Gasteiger partial charge in [-0.15, -0.1) is 10.2 Å².